The van der Waals surface area contributed by atoms with Crippen molar-refractivity contribution in [3.8, 4) is 28.4 Å². The second-order valence-electron chi connectivity index (χ2n) is 5.81. The van der Waals surface area contributed by atoms with E-state index in [4.69, 9.17) is 26.2 Å². The predicted octanol–water partition coefficient (Wildman–Crippen LogP) is 4.18. The summed E-state index contributed by atoms with van der Waals surface area (Å²) >= 11 is 6.01. The van der Waals surface area contributed by atoms with Crippen molar-refractivity contribution in [1.82, 2.24) is 9.78 Å². The second-order valence-corrected chi connectivity index (χ2v) is 6.25. The molecular formula is C19H18ClN3O2. The molecule has 3 aromatic rings. The summed E-state index contributed by atoms with van der Waals surface area (Å²) in [5.74, 6) is 2.44. The van der Waals surface area contributed by atoms with E-state index in [1.54, 1.807) is 14.2 Å². The van der Waals surface area contributed by atoms with Gasteiger partial charge in [-0.2, -0.15) is 5.10 Å². The van der Waals surface area contributed by atoms with Crippen molar-refractivity contribution in [1.29, 1.82) is 0 Å². The van der Waals surface area contributed by atoms with E-state index in [2.05, 4.69) is 5.32 Å². The van der Waals surface area contributed by atoms with Gasteiger partial charge in [-0.3, -0.25) is 0 Å². The van der Waals surface area contributed by atoms with Crippen LogP contribution in [-0.4, -0.2) is 30.5 Å². The molecule has 1 aliphatic heterocycles. The molecule has 2 heterocycles. The molecule has 0 amide bonds. The average Bonchev–Trinajstić information content (AvgIpc) is 3.24. The maximum atomic E-state index is 6.01. The quantitative estimate of drug-likeness (QED) is 0.762. The van der Waals surface area contributed by atoms with Crippen LogP contribution in [0.2, 0.25) is 5.02 Å². The van der Waals surface area contributed by atoms with Gasteiger partial charge in [0.25, 0.3) is 0 Å². The molecule has 6 heteroatoms. The molecule has 0 aliphatic carbocycles. The van der Waals surface area contributed by atoms with Crippen molar-refractivity contribution in [2.75, 3.05) is 26.1 Å². The van der Waals surface area contributed by atoms with Crippen LogP contribution in [0.5, 0.6) is 11.5 Å². The molecule has 128 valence electrons. The fourth-order valence-electron chi connectivity index (χ4n) is 3.16. The highest BCUT2D eigenvalue weighted by Crippen LogP contribution is 2.38. The molecule has 5 nitrogen and oxygen atoms in total. The molecule has 0 spiro atoms. The number of aromatic nitrogens is 2. The minimum atomic E-state index is 0.695. The van der Waals surface area contributed by atoms with Crippen LogP contribution in [0.4, 0.5) is 5.82 Å². The number of nitrogens with zero attached hydrogens (tertiary/aromatic N) is 2. The molecule has 1 aromatic heterocycles. The molecule has 2 aromatic carbocycles. The first-order chi connectivity index (χ1) is 12.2. The third-order valence-electron chi connectivity index (χ3n) is 4.38. The van der Waals surface area contributed by atoms with Gasteiger partial charge in [-0.15, -0.1) is 0 Å². The van der Waals surface area contributed by atoms with Crippen LogP contribution in [-0.2, 0) is 6.42 Å². The summed E-state index contributed by atoms with van der Waals surface area (Å²) in [6.45, 7) is 0.904. The Labute approximate surface area is 151 Å². The number of hydrogen-bond donors (Lipinski definition) is 1. The zero-order valence-corrected chi connectivity index (χ0v) is 14.8. The summed E-state index contributed by atoms with van der Waals surface area (Å²) in [7, 11) is 3.27. The molecule has 0 unspecified atom stereocenters. The van der Waals surface area contributed by atoms with Crippen LogP contribution in [0.3, 0.4) is 0 Å². The Bertz CT molecular complexity index is 919. The Morgan fingerprint density at radius 3 is 2.52 bits per heavy atom. The summed E-state index contributed by atoms with van der Waals surface area (Å²) in [5.41, 5.74) is 4.14. The summed E-state index contributed by atoms with van der Waals surface area (Å²) in [6, 6.07) is 13.6. The number of rotatable bonds is 4. The van der Waals surface area contributed by atoms with Crippen LogP contribution in [0.25, 0.3) is 16.9 Å². The molecular weight excluding hydrogens is 338 g/mol. The molecule has 25 heavy (non-hydrogen) atoms. The zero-order valence-electron chi connectivity index (χ0n) is 14.0. The van der Waals surface area contributed by atoms with Gasteiger partial charge in [0, 0.05) is 22.7 Å². The first-order valence-corrected chi connectivity index (χ1v) is 8.43. The minimum Gasteiger partial charge on any atom is -0.493 e. The molecule has 0 fully saturated rings. The van der Waals surface area contributed by atoms with Crippen molar-refractivity contribution in [3.63, 3.8) is 0 Å². The standard InChI is InChI=1S/C19H18ClN3O2/c1-24-16-8-3-12(11-17(16)25-2)18-15-9-10-21-19(15)23(22-18)14-6-4-13(20)5-7-14/h3-8,11,21H,9-10H2,1-2H3. The SMILES string of the molecule is COc1ccc(-c2nn(-c3ccc(Cl)cc3)c3c2CCN3)cc1OC. The number of hydrogen-bond acceptors (Lipinski definition) is 4. The average molecular weight is 356 g/mol. The lowest BCUT2D eigenvalue weighted by atomic mass is 10.1. The lowest BCUT2D eigenvalue weighted by molar-refractivity contribution is 0.355. The Balaban J connectivity index is 1.84. The van der Waals surface area contributed by atoms with E-state index >= 15 is 0 Å². The first kappa shape index (κ1) is 15.8. The summed E-state index contributed by atoms with van der Waals surface area (Å²) in [6.07, 6.45) is 0.937. The fourth-order valence-corrected chi connectivity index (χ4v) is 3.29. The topological polar surface area (TPSA) is 48.3 Å². The molecule has 0 saturated heterocycles. The van der Waals surface area contributed by atoms with Crippen molar-refractivity contribution in [2.45, 2.75) is 6.42 Å². The Morgan fingerprint density at radius 2 is 1.80 bits per heavy atom. The van der Waals surface area contributed by atoms with Gasteiger partial charge in [0.15, 0.2) is 11.5 Å². The number of ether oxygens (including phenoxy) is 2. The molecule has 0 saturated carbocycles. The predicted molar refractivity (Wildman–Crippen MR) is 99.3 cm³/mol. The third-order valence-corrected chi connectivity index (χ3v) is 4.63. The van der Waals surface area contributed by atoms with Crippen LogP contribution in [0.15, 0.2) is 42.5 Å². The first-order valence-electron chi connectivity index (χ1n) is 8.05. The van der Waals surface area contributed by atoms with E-state index in [0.717, 1.165) is 35.7 Å². The summed E-state index contributed by atoms with van der Waals surface area (Å²) in [4.78, 5) is 0. The van der Waals surface area contributed by atoms with E-state index in [1.807, 2.05) is 47.1 Å². The fraction of sp³-hybridized carbons (Fsp3) is 0.211. The van der Waals surface area contributed by atoms with E-state index < -0.39 is 0 Å². The molecule has 1 aliphatic rings. The number of benzene rings is 2. The van der Waals surface area contributed by atoms with Crippen LogP contribution < -0.4 is 14.8 Å². The Hall–Kier alpha value is -2.66. The van der Waals surface area contributed by atoms with Gasteiger partial charge in [-0.25, -0.2) is 4.68 Å². The van der Waals surface area contributed by atoms with Gasteiger partial charge in [0.2, 0.25) is 0 Å². The van der Waals surface area contributed by atoms with Crippen molar-refractivity contribution in [3.05, 3.63) is 53.1 Å². The van der Waals surface area contributed by atoms with Gasteiger partial charge in [-0.1, -0.05) is 11.6 Å². The molecule has 1 N–H and O–H groups in total. The molecule has 0 atom stereocenters. The summed E-state index contributed by atoms with van der Waals surface area (Å²) in [5, 5.41) is 8.99. The molecule has 4 rings (SSSR count). The minimum absolute atomic E-state index is 0.695. The highest BCUT2D eigenvalue weighted by atomic mass is 35.5. The maximum absolute atomic E-state index is 6.01. The van der Waals surface area contributed by atoms with Crippen molar-refractivity contribution in [2.24, 2.45) is 0 Å². The van der Waals surface area contributed by atoms with Crippen molar-refractivity contribution >= 4 is 17.4 Å². The second kappa shape index (κ2) is 6.33. The lowest BCUT2D eigenvalue weighted by Gasteiger charge is -2.09. The molecule has 0 radical (unpaired) electrons. The van der Waals surface area contributed by atoms with Gasteiger partial charge < -0.3 is 14.8 Å². The van der Waals surface area contributed by atoms with Crippen LogP contribution in [0.1, 0.15) is 5.56 Å². The lowest BCUT2D eigenvalue weighted by Crippen LogP contribution is -2.04. The summed E-state index contributed by atoms with van der Waals surface area (Å²) < 4.78 is 12.7. The van der Waals surface area contributed by atoms with E-state index in [-0.39, 0.29) is 0 Å². The number of fused-ring (bicyclic) bond motifs is 1. The van der Waals surface area contributed by atoms with E-state index in [1.165, 1.54) is 5.56 Å². The smallest absolute Gasteiger partial charge is 0.161 e. The number of methoxy groups -OCH3 is 2. The highest BCUT2D eigenvalue weighted by molar-refractivity contribution is 6.30. The van der Waals surface area contributed by atoms with E-state index in [9.17, 15) is 0 Å². The normalized spacial score (nSPS) is 12.6. The maximum Gasteiger partial charge on any atom is 0.161 e. The number of anilines is 1. The van der Waals surface area contributed by atoms with Gasteiger partial charge >= 0.3 is 0 Å². The van der Waals surface area contributed by atoms with Gasteiger partial charge in [0.05, 0.1) is 25.6 Å². The zero-order chi connectivity index (χ0) is 17.4. The van der Waals surface area contributed by atoms with Crippen LogP contribution >= 0.6 is 11.6 Å². The Morgan fingerprint density at radius 1 is 1.04 bits per heavy atom. The largest absolute Gasteiger partial charge is 0.493 e. The highest BCUT2D eigenvalue weighted by Gasteiger charge is 2.24. The van der Waals surface area contributed by atoms with Gasteiger partial charge in [0.1, 0.15) is 5.82 Å². The van der Waals surface area contributed by atoms with E-state index in [0.29, 0.717) is 16.5 Å². The molecule has 0 bridgehead atoms. The number of nitrogens with one attached hydrogen (secondary N) is 1. The monoisotopic (exact) mass is 355 g/mol. The Kier molecular flexibility index (Phi) is 4.01. The van der Waals surface area contributed by atoms with Crippen LogP contribution in [0, 0.1) is 0 Å². The third kappa shape index (κ3) is 2.70. The van der Waals surface area contributed by atoms with Gasteiger partial charge in [-0.05, 0) is 48.9 Å². The number of halogens is 1. The van der Waals surface area contributed by atoms with Crippen molar-refractivity contribution < 1.29 is 9.47 Å².